The zero-order valence-corrected chi connectivity index (χ0v) is 21.1. The van der Waals surface area contributed by atoms with E-state index >= 15 is 0 Å². The van der Waals surface area contributed by atoms with Gasteiger partial charge in [0.15, 0.2) is 0 Å². The summed E-state index contributed by atoms with van der Waals surface area (Å²) in [5, 5.41) is 5.63. The smallest absolute Gasteiger partial charge is 0.258 e. The number of amides is 1. The van der Waals surface area contributed by atoms with Crippen molar-refractivity contribution in [3.05, 3.63) is 97.8 Å². The lowest BCUT2D eigenvalue weighted by molar-refractivity contribution is -0.126. The summed E-state index contributed by atoms with van der Waals surface area (Å²) in [6.45, 7) is 9.21. The highest BCUT2D eigenvalue weighted by molar-refractivity contribution is 6.31. The van der Waals surface area contributed by atoms with Crippen molar-refractivity contribution in [3.8, 4) is 0 Å². The molecule has 0 aliphatic rings. The molecular weight excluding hydrogens is 462 g/mol. The van der Waals surface area contributed by atoms with E-state index in [1.807, 2.05) is 31.5 Å². The molecule has 7 nitrogen and oxygen atoms in total. The highest BCUT2D eigenvalue weighted by Gasteiger charge is 2.14. The van der Waals surface area contributed by atoms with Crippen molar-refractivity contribution in [2.75, 3.05) is 6.54 Å². The molecule has 0 radical (unpaired) electrons. The Balaban J connectivity index is 1.51. The molecule has 35 heavy (non-hydrogen) atoms. The molecule has 2 heterocycles. The van der Waals surface area contributed by atoms with Gasteiger partial charge in [0.2, 0.25) is 5.91 Å². The molecule has 0 unspecified atom stereocenters. The van der Waals surface area contributed by atoms with Crippen molar-refractivity contribution in [1.29, 1.82) is 0 Å². The average Bonchev–Trinajstić information content (AvgIpc) is 3.09. The minimum atomic E-state index is -0.257. The predicted octanol–water partition coefficient (Wildman–Crippen LogP) is 4.81. The van der Waals surface area contributed by atoms with Crippen molar-refractivity contribution >= 4 is 34.5 Å². The molecule has 180 valence electrons. The monoisotopic (exact) mass is 489 g/mol. The second-order valence-electron chi connectivity index (χ2n) is 8.59. The van der Waals surface area contributed by atoms with E-state index in [2.05, 4.69) is 46.3 Å². The number of halogens is 1. The summed E-state index contributed by atoms with van der Waals surface area (Å²) in [4.78, 5) is 34.3. The summed E-state index contributed by atoms with van der Waals surface area (Å²) in [5.41, 5.74) is 5.41. The number of aromatic nitrogens is 4. The Morgan fingerprint density at radius 1 is 1.14 bits per heavy atom. The molecule has 0 bridgehead atoms. The molecule has 2 aromatic heterocycles. The number of carbonyl (C=O) groups excluding carboxylic acids is 1. The van der Waals surface area contributed by atoms with Gasteiger partial charge in [-0.05, 0) is 57.5 Å². The largest absolute Gasteiger partial charge is 0.332 e. The number of hydrogen-bond donors (Lipinski definition) is 1. The molecule has 0 spiro atoms. The molecule has 0 aliphatic carbocycles. The molecule has 4 rings (SSSR count). The van der Waals surface area contributed by atoms with E-state index in [4.69, 9.17) is 11.6 Å². The van der Waals surface area contributed by atoms with Gasteiger partial charge in [0.25, 0.3) is 5.56 Å². The van der Waals surface area contributed by atoms with E-state index in [0.717, 1.165) is 17.0 Å². The number of carbonyl (C=O) groups is 1. The van der Waals surface area contributed by atoms with Gasteiger partial charge in [-0.15, -0.1) is 0 Å². The van der Waals surface area contributed by atoms with E-state index in [-0.39, 0.29) is 18.0 Å². The maximum absolute atomic E-state index is 13.0. The maximum atomic E-state index is 13.0. The van der Waals surface area contributed by atoms with Crippen molar-refractivity contribution < 1.29 is 4.79 Å². The van der Waals surface area contributed by atoms with Gasteiger partial charge in [0.1, 0.15) is 5.82 Å². The lowest BCUT2D eigenvalue weighted by atomic mass is 10.1. The third-order valence-electron chi connectivity index (χ3n) is 6.03. The molecule has 0 fully saturated rings. The first kappa shape index (κ1) is 24.4. The quantitative estimate of drug-likeness (QED) is 0.378. The fourth-order valence-electron chi connectivity index (χ4n) is 3.99. The van der Waals surface area contributed by atoms with Crippen LogP contribution in [0.15, 0.2) is 53.3 Å². The maximum Gasteiger partial charge on any atom is 0.258 e. The van der Waals surface area contributed by atoms with Crippen LogP contribution in [-0.4, -0.2) is 37.1 Å². The van der Waals surface area contributed by atoms with Gasteiger partial charge in [-0.1, -0.05) is 41.4 Å². The first-order chi connectivity index (χ1) is 16.7. The number of benzene rings is 2. The van der Waals surface area contributed by atoms with Crippen LogP contribution in [-0.2, 0) is 17.9 Å². The molecule has 0 saturated carbocycles. The number of rotatable bonds is 7. The van der Waals surface area contributed by atoms with Crippen molar-refractivity contribution in [2.24, 2.45) is 0 Å². The molecule has 2 aromatic carbocycles. The van der Waals surface area contributed by atoms with Crippen LogP contribution in [0.5, 0.6) is 0 Å². The standard InChI is InChI=1S/C27H28ClN5O2/c1-5-32(16-25-29-24-14-21(28)10-11-23(24)27(35)30-25)26(34)13-12-22-18(3)31-33(19(22)4)15-20-8-6-17(2)7-9-20/h6-14H,5,15-16H2,1-4H3,(H,29,30,35)/b13-12+. The van der Waals surface area contributed by atoms with Crippen LogP contribution in [0.1, 0.15) is 40.8 Å². The van der Waals surface area contributed by atoms with Crippen LogP contribution in [0, 0.1) is 20.8 Å². The highest BCUT2D eigenvalue weighted by Crippen LogP contribution is 2.18. The van der Waals surface area contributed by atoms with E-state index in [1.54, 1.807) is 29.2 Å². The van der Waals surface area contributed by atoms with Crippen LogP contribution in [0.3, 0.4) is 0 Å². The topological polar surface area (TPSA) is 83.9 Å². The number of likely N-dealkylation sites (N-methyl/N-ethyl adjacent to an activating group) is 1. The van der Waals surface area contributed by atoms with E-state index in [0.29, 0.717) is 34.8 Å². The summed E-state index contributed by atoms with van der Waals surface area (Å²) < 4.78 is 1.95. The summed E-state index contributed by atoms with van der Waals surface area (Å²) >= 11 is 6.05. The summed E-state index contributed by atoms with van der Waals surface area (Å²) in [6, 6.07) is 13.3. The zero-order chi connectivity index (χ0) is 25.1. The number of aryl methyl sites for hydroxylation is 2. The lowest BCUT2D eigenvalue weighted by Gasteiger charge is -2.18. The fraction of sp³-hybridized carbons (Fsp3) is 0.259. The molecule has 0 atom stereocenters. The van der Waals surface area contributed by atoms with Crippen LogP contribution in [0.25, 0.3) is 17.0 Å². The fourth-order valence-corrected chi connectivity index (χ4v) is 4.16. The van der Waals surface area contributed by atoms with Gasteiger partial charge in [0.05, 0.1) is 29.7 Å². The van der Waals surface area contributed by atoms with Gasteiger partial charge in [-0.25, -0.2) is 4.98 Å². The van der Waals surface area contributed by atoms with Gasteiger partial charge in [-0.3, -0.25) is 14.3 Å². The Morgan fingerprint density at radius 3 is 2.60 bits per heavy atom. The van der Waals surface area contributed by atoms with Crippen LogP contribution < -0.4 is 5.56 Å². The zero-order valence-electron chi connectivity index (χ0n) is 20.3. The van der Waals surface area contributed by atoms with Crippen LogP contribution in [0.4, 0.5) is 0 Å². The first-order valence-electron chi connectivity index (χ1n) is 11.5. The molecule has 0 aliphatic heterocycles. The normalized spacial score (nSPS) is 11.5. The number of nitrogens with one attached hydrogen (secondary N) is 1. The molecule has 0 saturated heterocycles. The first-order valence-corrected chi connectivity index (χ1v) is 11.9. The molecule has 1 amide bonds. The van der Waals surface area contributed by atoms with Crippen LogP contribution in [0.2, 0.25) is 5.02 Å². The number of aromatic amines is 1. The lowest BCUT2D eigenvalue weighted by Crippen LogP contribution is -2.30. The van der Waals surface area contributed by atoms with E-state index < -0.39 is 0 Å². The minimum Gasteiger partial charge on any atom is -0.332 e. The SMILES string of the molecule is CCN(Cc1nc2cc(Cl)ccc2c(=O)[nH]1)C(=O)/C=C/c1c(C)nn(Cc2ccc(C)cc2)c1C. The molecule has 1 N–H and O–H groups in total. The Bertz CT molecular complexity index is 1470. The molecule has 4 aromatic rings. The van der Waals surface area contributed by atoms with Gasteiger partial charge in [0, 0.05) is 28.9 Å². The number of hydrogen-bond acceptors (Lipinski definition) is 4. The summed E-state index contributed by atoms with van der Waals surface area (Å²) in [5.74, 6) is 0.234. The average molecular weight is 490 g/mol. The highest BCUT2D eigenvalue weighted by atomic mass is 35.5. The van der Waals surface area contributed by atoms with Crippen molar-refractivity contribution in [2.45, 2.75) is 40.8 Å². The third-order valence-corrected chi connectivity index (χ3v) is 6.27. The Labute approximate surface area is 209 Å². The second-order valence-corrected chi connectivity index (χ2v) is 9.02. The van der Waals surface area contributed by atoms with E-state index in [1.165, 1.54) is 11.1 Å². The number of fused-ring (bicyclic) bond motifs is 1. The van der Waals surface area contributed by atoms with Gasteiger partial charge in [-0.2, -0.15) is 5.10 Å². The minimum absolute atomic E-state index is 0.175. The Morgan fingerprint density at radius 2 is 1.89 bits per heavy atom. The van der Waals surface area contributed by atoms with Crippen molar-refractivity contribution in [1.82, 2.24) is 24.6 Å². The van der Waals surface area contributed by atoms with E-state index in [9.17, 15) is 9.59 Å². The van der Waals surface area contributed by atoms with Gasteiger partial charge < -0.3 is 9.88 Å². The predicted molar refractivity (Wildman–Crippen MR) is 139 cm³/mol. The third kappa shape index (κ3) is 5.52. The van der Waals surface area contributed by atoms with Gasteiger partial charge >= 0.3 is 0 Å². The summed E-state index contributed by atoms with van der Waals surface area (Å²) in [7, 11) is 0. The number of nitrogens with zero attached hydrogens (tertiary/aromatic N) is 4. The van der Waals surface area contributed by atoms with Crippen molar-refractivity contribution in [3.63, 3.8) is 0 Å². The second kappa shape index (κ2) is 10.3. The summed E-state index contributed by atoms with van der Waals surface area (Å²) in [6.07, 6.45) is 3.36. The Kier molecular flexibility index (Phi) is 7.17. The van der Waals surface area contributed by atoms with Crippen LogP contribution >= 0.6 is 11.6 Å². The Hall–Kier alpha value is -3.71. The molecule has 8 heteroatoms. The number of H-pyrrole nitrogens is 1. The molecular formula is C27H28ClN5O2.